The second-order valence-corrected chi connectivity index (χ2v) is 8.95. The quantitative estimate of drug-likeness (QED) is 0.313. The first-order valence-corrected chi connectivity index (χ1v) is 11.7. The van der Waals surface area contributed by atoms with Crippen molar-refractivity contribution in [1.82, 2.24) is 10.6 Å². The van der Waals surface area contributed by atoms with E-state index in [1.165, 1.54) is 36.4 Å². The maximum atomic E-state index is 12.0. The summed E-state index contributed by atoms with van der Waals surface area (Å²) in [5.41, 5.74) is 0.649. The van der Waals surface area contributed by atoms with Gasteiger partial charge in [0, 0.05) is 24.2 Å². The van der Waals surface area contributed by atoms with Gasteiger partial charge in [0.1, 0.15) is 0 Å². The van der Waals surface area contributed by atoms with Crippen LogP contribution in [0.1, 0.15) is 40.0 Å². The van der Waals surface area contributed by atoms with Gasteiger partial charge in [0.15, 0.2) is 11.1 Å². The summed E-state index contributed by atoms with van der Waals surface area (Å²) in [5, 5.41) is 10.5. The van der Waals surface area contributed by atoms with Crippen LogP contribution in [-0.2, 0) is 21.1 Å². The molecule has 162 valence electrons. The highest BCUT2D eigenvalue weighted by atomic mass is 32.2. The van der Waals surface area contributed by atoms with Crippen molar-refractivity contribution in [3.8, 4) is 0 Å². The zero-order valence-corrected chi connectivity index (χ0v) is 17.7. The molecule has 1 unspecified atom stereocenters. The number of primary sulfonamides is 1. The van der Waals surface area contributed by atoms with Gasteiger partial charge in [-0.3, -0.25) is 9.59 Å². The molecule has 0 aliphatic heterocycles. The molecule has 0 aliphatic rings. The van der Waals surface area contributed by atoms with E-state index in [4.69, 9.17) is 9.69 Å². The molecule has 0 saturated carbocycles. The van der Waals surface area contributed by atoms with Crippen LogP contribution in [0.4, 0.5) is 0 Å². The largest absolute Gasteiger partial charge is 0.352 e. The van der Waals surface area contributed by atoms with Gasteiger partial charge in [0.2, 0.25) is 10.0 Å². The van der Waals surface area contributed by atoms with Crippen molar-refractivity contribution in [2.24, 2.45) is 5.14 Å². The van der Waals surface area contributed by atoms with Crippen LogP contribution >= 0.6 is 0 Å². The molecule has 11 heteroatoms. The minimum absolute atomic E-state index is 0.0579. The summed E-state index contributed by atoms with van der Waals surface area (Å²) >= 11 is -2.14. The minimum atomic E-state index is -3.79. The van der Waals surface area contributed by atoms with Gasteiger partial charge >= 0.3 is 0 Å². The van der Waals surface area contributed by atoms with E-state index in [0.29, 0.717) is 37.1 Å². The Balaban J connectivity index is 1.65. The lowest BCUT2D eigenvalue weighted by molar-refractivity contribution is 0.0947. The molecule has 2 aromatic rings. The molecule has 5 N–H and O–H groups in total. The van der Waals surface area contributed by atoms with Gasteiger partial charge in [0.25, 0.3) is 11.8 Å². The summed E-state index contributed by atoms with van der Waals surface area (Å²) in [6, 6.07) is 11.3. The van der Waals surface area contributed by atoms with Crippen molar-refractivity contribution >= 4 is 32.9 Å². The molecular weight excluding hydrogens is 430 g/mol. The molecule has 1 atom stereocenters. The van der Waals surface area contributed by atoms with Crippen LogP contribution in [0, 0.1) is 0 Å². The molecule has 0 saturated heterocycles. The second kappa shape index (κ2) is 11.0. The molecule has 2 amide bonds. The Morgan fingerprint density at radius 2 is 1.47 bits per heavy atom. The Labute approximate surface area is 177 Å². The second-order valence-electron chi connectivity index (χ2n) is 6.42. The fraction of sp³-hybridized carbons (Fsp3) is 0.263. The van der Waals surface area contributed by atoms with Crippen LogP contribution in [0.5, 0.6) is 0 Å². The van der Waals surface area contributed by atoms with Crippen LogP contribution in [-0.4, -0.2) is 42.1 Å². The van der Waals surface area contributed by atoms with Gasteiger partial charge in [-0.15, -0.1) is 0 Å². The summed E-state index contributed by atoms with van der Waals surface area (Å²) in [6.07, 6.45) is 2.18. The summed E-state index contributed by atoms with van der Waals surface area (Å²) < 4.78 is 42.5. The van der Waals surface area contributed by atoms with Crippen LogP contribution in [0.25, 0.3) is 0 Å². The van der Waals surface area contributed by atoms with Gasteiger partial charge < -0.3 is 15.2 Å². The molecule has 0 spiro atoms. The van der Waals surface area contributed by atoms with Crippen molar-refractivity contribution in [3.05, 3.63) is 59.7 Å². The number of hydrogen-bond donors (Lipinski definition) is 4. The van der Waals surface area contributed by atoms with Crippen LogP contribution in [0.3, 0.4) is 0 Å². The predicted octanol–water partition coefficient (Wildman–Crippen LogP) is 1.24. The zero-order chi connectivity index (χ0) is 22.1. The third-order valence-electron chi connectivity index (χ3n) is 4.17. The van der Waals surface area contributed by atoms with E-state index in [1.54, 1.807) is 12.1 Å². The third-order valence-corrected chi connectivity index (χ3v) is 5.75. The smallest absolute Gasteiger partial charge is 0.251 e. The first-order chi connectivity index (χ1) is 14.2. The molecular formula is C19H23N3O6S2. The Bertz CT molecular complexity index is 1020. The van der Waals surface area contributed by atoms with E-state index in [1.807, 2.05) is 0 Å². The molecule has 0 fully saturated rings. The molecule has 2 aromatic carbocycles. The average molecular weight is 454 g/mol. The van der Waals surface area contributed by atoms with Gasteiger partial charge in [0.05, 0.1) is 9.79 Å². The van der Waals surface area contributed by atoms with Gasteiger partial charge in [-0.05, 0) is 61.7 Å². The van der Waals surface area contributed by atoms with Crippen molar-refractivity contribution in [1.29, 1.82) is 0 Å². The van der Waals surface area contributed by atoms with E-state index in [-0.39, 0.29) is 21.6 Å². The average Bonchev–Trinajstić information content (AvgIpc) is 2.72. The number of carbonyl (C=O) groups is 2. The molecule has 30 heavy (non-hydrogen) atoms. The highest BCUT2D eigenvalue weighted by molar-refractivity contribution is 7.89. The number of nitrogens with two attached hydrogens (primary N) is 1. The van der Waals surface area contributed by atoms with E-state index in [2.05, 4.69) is 10.6 Å². The number of carbonyl (C=O) groups excluding carboxylic acids is 2. The lowest BCUT2D eigenvalue weighted by Crippen LogP contribution is -2.26. The minimum Gasteiger partial charge on any atom is -0.352 e. The predicted molar refractivity (Wildman–Crippen MR) is 112 cm³/mol. The topological polar surface area (TPSA) is 156 Å². The molecule has 2 rings (SSSR count). The van der Waals surface area contributed by atoms with Crippen molar-refractivity contribution in [3.63, 3.8) is 0 Å². The van der Waals surface area contributed by atoms with Crippen LogP contribution in [0.2, 0.25) is 0 Å². The van der Waals surface area contributed by atoms with E-state index in [9.17, 15) is 22.2 Å². The normalized spacial score (nSPS) is 12.2. The van der Waals surface area contributed by atoms with Crippen LogP contribution in [0.15, 0.2) is 58.3 Å². The Morgan fingerprint density at radius 1 is 0.900 bits per heavy atom. The monoisotopic (exact) mass is 453 g/mol. The molecule has 0 aromatic heterocycles. The van der Waals surface area contributed by atoms with E-state index < -0.39 is 21.1 Å². The molecule has 0 radical (unpaired) electrons. The lowest BCUT2D eigenvalue weighted by Gasteiger charge is -2.07. The Morgan fingerprint density at radius 3 is 2.00 bits per heavy atom. The maximum Gasteiger partial charge on any atom is 0.251 e. The highest BCUT2D eigenvalue weighted by Crippen LogP contribution is 2.09. The maximum absolute atomic E-state index is 12.0. The molecule has 0 aliphatic carbocycles. The SMILES string of the molecule is NS(=O)(=O)c1ccc(C(=O)NCCCCCNC(=O)c2cccc(S(=O)O)c2)cc1. The fourth-order valence-electron chi connectivity index (χ4n) is 2.58. The Kier molecular flexibility index (Phi) is 8.66. The van der Waals surface area contributed by atoms with Crippen molar-refractivity contribution in [2.45, 2.75) is 29.1 Å². The number of nitrogens with one attached hydrogen (secondary N) is 2. The van der Waals surface area contributed by atoms with Gasteiger partial charge in [-0.1, -0.05) is 6.07 Å². The van der Waals surface area contributed by atoms with Gasteiger partial charge in [-0.25, -0.2) is 17.8 Å². The summed E-state index contributed by atoms with van der Waals surface area (Å²) in [5.74, 6) is -0.635. The number of benzene rings is 2. The summed E-state index contributed by atoms with van der Waals surface area (Å²) in [4.78, 5) is 24.2. The first kappa shape index (κ1) is 23.7. The van der Waals surface area contributed by atoms with E-state index in [0.717, 1.165) is 6.42 Å². The highest BCUT2D eigenvalue weighted by Gasteiger charge is 2.10. The number of amides is 2. The lowest BCUT2D eigenvalue weighted by atomic mass is 10.2. The molecule has 0 bridgehead atoms. The molecule has 9 nitrogen and oxygen atoms in total. The Hall–Kier alpha value is -2.60. The zero-order valence-electron chi connectivity index (χ0n) is 16.0. The van der Waals surface area contributed by atoms with E-state index >= 15 is 0 Å². The number of hydrogen-bond acceptors (Lipinski definition) is 5. The number of rotatable bonds is 10. The number of sulfonamides is 1. The van der Waals surface area contributed by atoms with Crippen molar-refractivity contribution < 1.29 is 26.8 Å². The number of unbranched alkanes of at least 4 members (excludes halogenated alkanes) is 2. The van der Waals surface area contributed by atoms with Gasteiger partial charge in [-0.2, -0.15) is 0 Å². The molecule has 0 heterocycles. The summed E-state index contributed by atoms with van der Waals surface area (Å²) in [7, 11) is -3.79. The first-order valence-electron chi connectivity index (χ1n) is 9.08. The van der Waals surface area contributed by atoms with Crippen LogP contribution < -0.4 is 15.8 Å². The standard InChI is InChI=1S/C19H23N3O6S2/c20-30(27,28)17-9-7-14(8-10-17)18(23)21-11-2-1-3-12-22-19(24)15-5-4-6-16(13-15)29(25)26/h4-10,13H,1-3,11-12H2,(H,21,23)(H,22,24)(H,25,26)(H2,20,27,28). The third kappa shape index (κ3) is 7.34. The summed E-state index contributed by atoms with van der Waals surface area (Å²) in [6.45, 7) is 0.877. The van der Waals surface area contributed by atoms with Crippen molar-refractivity contribution in [2.75, 3.05) is 13.1 Å². The fourth-order valence-corrected chi connectivity index (χ4v) is 3.51.